The molecule has 0 aromatic rings. The number of aliphatic hydroxyl groups is 1. The molecule has 0 saturated heterocycles. The SMILES string of the molecule is NC(CC(O)C1CC1)C(=O)O. The van der Waals surface area contributed by atoms with Crippen molar-refractivity contribution in [1.29, 1.82) is 0 Å². The van der Waals surface area contributed by atoms with Gasteiger partial charge in [0.25, 0.3) is 0 Å². The molecule has 2 atom stereocenters. The maximum atomic E-state index is 10.2. The van der Waals surface area contributed by atoms with Crippen LogP contribution in [0.15, 0.2) is 0 Å². The van der Waals surface area contributed by atoms with E-state index in [4.69, 9.17) is 10.8 Å². The summed E-state index contributed by atoms with van der Waals surface area (Å²) in [6.07, 6.45) is 1.68. The quantitative estimate of drug-likeness (QED) is 0.519. The Bertz CT molecular complexity index is 156. The first-order chi connectivity index (χ1) is 5.11. The van der Waals surface area contributed by atoms with E-state index in [1.807, 2.05) is 0 Å². The van der Waals surface area contributed by atoms with Gasteiger partial charge in [-0.2, -0.15) is 0 Å². The summed E-state index contributed by atoms with van der Waals surface area (Å²) in [5.41, 5.74) is 5.22. The Labute approximate surface area is 65.0 Å². The predicted octanol–water partition coefficient (Wildman–Crippen LogP) is -0.441. The highest BCUT2D eigenvalue weighted by atomic mass is 16.4. The van der Waals surface area contributed by atoms with Crippen LogP contribution in [0, 0.1) is 5.92 Å². The summed E-state index contributed by atoms with van der Waals surface area (Å²) >= 11 is 0. The topological polar surface area (TPSA) is 83.5 Å². The Morgan fingerprint density at radius 1 is 1.64 bits per heavy atom. The number of hydrogen-bond acceptors (Lipinski definition) is 3. The van der Waals surface area contributed by atoms with Crippen molar-refractivity contribution < 1.29 is 15.0 Å². The molecule has 2 unspecified atom stereocenters. The normalized spacial score (nSPS) is 22.7. The lowest BCUT2D eigenvalue weighted by atomic mass is 10.1. The zero-order valence-corrected chi connectivity index (χ0v) is 6.23. The second kappa shape index (κ2) is 3.19. The van der Waals surface area contributed by atoms with E-state index in [-0.39, 0.29) is 6.42 Å². The van der Waals surface area contributed by atoms with E-state index in [1.165, 1.54) is 0 Å². The van der Waals surface area contributed by atoms with Crippen molar-refractivity contribution in [2.45, 2.75) is 31.4 Å². The standard InChI is InChI=1S/C7H13NO3/c8-5(7(10)11)3-6(9)4-1-2-4/h4-6,9H,1-3,8H2,(H,10,11). The lowest BCUT2D eigenvalue weighted by Crippen LogP contribution is -2.34. The zero-order valence-electron chi connectivity index (χ0n) is 6.23. The molecule has 4 N–H and O–H groups in total. The van der Waals surface area contributed by atoms with Gasteiger partial charge in [-0.15, -0.1) is 0 Å². The highest BCUT2D eigenvalue weighted by Crippen LogP contribution is 2.34. The minimum atomic E-state index is -1.04. The van der Waals surface area contributed by atoms with Gasteiger partial charge in [-0.05, 0) is 25.2 Å². The van der Waals surface area contributed by atoms with Gasteiger partial charge in [-0.25, -0.2) is 0 Å². The monoisotopic (exact) mass is 159 g/mol. The fourth-order valence-electron chi connectivity index (χ4n) is 1.03. The molecule has 11 heavy (non-hydrogen) atoms. The van der Waals surface area contributed by atoms with Crippen LogP contribution in [0.2, 0.25) is 0 Å². The Hall–Kier alpha value is -0.610. The van der Waals surface area contributed by atoms with E-state index in [2.05, 4.69) is 0 Å². The number of aliphatic carboxylic acids is 1. The zero-order chi connectivity index (χ0) is 8.43. The molecule has 4 heteroatoms. The molecule has 1 aliphatic rings. The molecule has 0 heterocycles. The van der Waals surface area contributed by atoms with Crippen molar-refractivity contribution in [1.82, 2.24) is 0 Å². The number of carbonyl (C=O) groups is 1. The van der Waals surface area contributed by atoms with Gasteiger partial charge in [-0.1, -0.05) is 0 Å². The molecule has 0 aromatic carbocycles. The highest BCUT2D eigenvalue weighted by molar-refractivity contribution is 5.73. The summed E-state index contributed by atoms with van der Waals surface area (Å²) in [6.45, 7) is 0. The fraction of sp³-hybridized carbons (Fsp3) is 0.857. The molecule has 0 bridgehead atoms. The number of hydrogen-bond donors (Lipinski definition) is 3. The van der Waals surface area contributed by atoms with Crippen LogP contribution in [0.3, 0.4) is 0 Å². The first kappa shape index (κ1) is 8.49. The summed E-state index contributed by atoms with van der Waals surface area (Å²) in [5, 5.41) is 17.7. The molecular formula is C7H13NO3. The number of carboxylic acids is 1. The van der Waals surface area contributed by atoms with Crippen LogP contribution in [0.5, 0.6) is 0 Å². The van der Waals surface area contributed by atoms with Crippen molar-refractivity contribution in [3.8, 4) is 0 Å². The van der Waals surface area contributed by atoms with E-state index in [0.717, 1.165) is 12.8 Å². The average Bonchev–Trinajstić information content (AvgIpc) is 2.67. The summed E-state index contributed by atoms with van der Waals surface area (Å²) in [5.74, 6) is -0.731. The van der Waals surface area contributed by atoms with Gasteiger partial charge in [0.2, 0.25) is 0 Å². The smallest absolute Gasteiger partial charge is 0.320 e. The first-order valence-corrected chi connectivity index (χ1v) is 3.77. The van der Waals surface area contributed by atoms with Crippen LogP contribution in [0.25, 0.3) is 0 Å². The first-order valence-electron chi connectivity index (χ1n) is 3.77. The molecule has 0 spiro atoms. The third-order valence-electron chi connectivity index (χ3n) is 1.98. The molecule has 0 aliphatic heterocycles. The van der Waals surface area contributed by atoms with Crippen molar-refractivity contribution in [3.63, 3.8) is 0 Å². The molecule has 0 aromatic heterocycles. The third kappa shape index (κ3) is 2.48. The minimum Gasteiger partial charge on any atom is -0.480 e. The summed E-state index contributed by atoms with van der Waals surface area (Å²) in [6, 6.07) is -0.911. The van der Waals surface area contributed by atoms with Crippen molar-refractivity contribution in [2.75, 3.05) is 0 Å². The van der Waals surface area contributed by atoms with Gasteiger partial charge in [0.1, 0.15) is 6.04 Å². The maximum Gasteiger partial charge on any atom is 0.320 e. The van der Waals surface area contributed by atoms with Gasteiger partial charge in [0.15, 0.2) is 0 Å². The van der Waals surface area contributed by atoms with Crippen molar-refractivity contribution in [2.24, 2.45) is 11.7 Å². The Kier molecular flexibility index (Phi) is 2.46. The van der Waals surface area contributed by atoms with Gasteiger partial charge < -0.3 is 15.9 Å². The molecule has 4 nitrogen and oxygen atoms in total. The van der Waals surface area contributed by atoms with Crippen LogP contribution in [0.4, 0.5) is 0 Å². The second-order valence-electron chi connectivity index (χ2n) is 3.09. The summed E-state index contributed by atoms with van der Waals surface area (Å²) < 4.78 is 0. The largest absolute Gasteiger partial charge is 0.480 e. The van der Waals surface area contributed by atoms with Gasteiger partial charge in [-0.3, -0.25) is 4.79 Å². The summed E-state index contributed by atoms with van der Waals surface area (Å²) in [7, 11) is 0. The molecule has 1 fully saturated rings. The van der Waals surface area contributed by atoms with E-state index >= 15 is 0 Å². The number of nitrogens with two attached hydrogens (primary N) is 1. The van der Waals surface area contributed by atoms with Gasteiger partial charge in [0, 0.05) is 0 Å². The average molecular weight is 159 g/mol. The van der Waals surface area contributed by atoms with Crippen molar-refractivity contribution in [3.05, 3.63) is 0 Å². The molecule has 0 radical (unpaired) electrons. The lowest BCUT2D eigenvalue weighted by Gasteiger charge is -2.11. The van der Waals surface area contributed by atoms with Crippen LogP contribution in [0.1, 0.15) is 19.3 Å². The predicted molar refractivity (Wildman–Crippen MR) is 39.0 cm³/mol. The Morgan fingerprint density at radius 3 is 2.55 bits per heavy atom. The molecule has 0 amide bonds. The fourth-order valence-corrected chi connectivity index (χ4v) is 1.03. The van der Waals surface area contributed by atoms with Gasteiger partial charge in [0.05, 0.1) is 6.10 Å². The van der Waals surface area contributed by atoms with E-state index in [9.17, 15) is 9.90 Å². The minimum absolute atomic E-state index is 0.181. The maximum absolute atomic E-state index is 10.2. The number of aliphatic hydroxyl groups excluding tert-OH is 1. The van der Waals surface area contributed by atoms with E-state index < -0.39 is 18.1 Å². The Balaban J connectivity index is 2.22. The van der Waals surface area contributed by atoms with Crippen LogP contribution >= 0.6 is 0 Å². The second-order valence-corrected chi connectivity index (χ2v) is 3.09. The van der Waals surface area contributed by atoms with Crippen LogP contribution < -0.4 is 5.73 Å². The third-order valence-corrected chi connectivity index (χ3v) is 1.98. The number of rotatable bonds is 4. The molecule has 64 valence electrons. The summed E-state index contributed by atoms with van der Waals surface area (Å²) in [4.78, 5) is 10.2. The van der Waals surface area contributed by atoms with Crippen LogP contribution in [-0.2, 0) is 4.79 Å². The molecule has 1 aliphatic carbocycles. The molecular weight excluding hydrogens is 146 g/mol. The Morgan fingerprint density at radius 2 is 2.18 bits per heavy atom. The molecule has 1 rings (SSSR count). The van der Waals surface area contributed by atoms with E-state index in [1.54, 1.807) is 0 Å². The van der Waals surface area contributed by atoms with E-state index in [0.29, 0.717) is 5.92 Å². The van der Waals surface area contributed by atoms with Gasteiger partial charge >= 0.3 is 5.97 Å². The molecule has 1 saturated carbocycles. The van der Waals surface area contributed by atoms with Crippen molar-refractivity contribution >= 4 is 5.97 Å². The number of carboxylic acid groups (broad SMARTS) is 1. The van der Waals surface area contributed by atoms with Crippen LogP contribution in [-0.4, -0.2) is 28.3 Å². The highest BCUT2D eigenvalue weighted by Gasteiger charge is 2.31. The lowest BCUT2D eigenvalue weighted by molar-refractivity contribution is -0.139.